The first kappa shape index (κ1) is 17.6. The lowest BCUT2D eigenvalue weighted by atomic mass is 10.2. The normalized spacial score (nSPS) is 11.4. The maximum Gasteiger partial charge on any atom is 0.204 e. The fraction of sp³-hybridized carbons (Fsp3) is 0.188. The van der Waals surface area contributed by atoms with Crippen molar-refractivity contribution in [3.63, 3.8) is 0 Å². The second kappa shape index (κ2) is 7.32. The number of tetrazole rings is 1. The van der Waals surface area contributed by atoms with E-state index in [1.54, 1.807) is 18.2 Å². The highest BCUT2D eigenvalue weighted by Gasteiger charge is 2.16. The lowest BCUT2D eigenvalue weighted by Crippen LogP contribution is -2.15. The number of hydrogen-bond donors (Lipinski definition) is 0. The van der Waals surface area contributed by atoms with E-state index in [2.05, 4.69) is 31.3 Å². The van der Waals surface area contributed by atoms with Gasteiger partial charge < -0.3 is 4.74 Å². The number of nitrogens with zero attached hydrogens (tertiary/aromatic N) is 4. The molecule has 7 nitrogen and oxygen atoms in total. The number of hydrogen-bond acceptors (Lipinski definition) is 6. The number of methoxy groups -OCH3 is 1. The van der Waals surface area contributed by atoms with Crippen LogP contribution < -0.4 is 4.74 Å². The lowest BCUT2D eigenvalue weighted by molar-refractivity contribution is 0.413. The SMILES string of the molecule is COc1cccc(S(=O)(=O)CCn2nnc(-c3ccc(Br)cc3)n2)c1. The predicted octanol–water partition coefficient (Wildman–Crippen LogP) is 2.59. The van der Waals surface area contributed by atoms with Gasteiger partial charge in [0.05, 0.1) is 24.3 Å². The zero-order chi connectivity index (χ0) is 17.9. The summed E-state index contributed by atoms with van der Waals surface area (Å²) in [6.45, 7) is 0.114. The minimum absolute atomic E-state index is 0.114. The van der Waals surface area contributed by atoms with Crippen LogP contribution in [0.4, 0.5) is 0 Å². The number of ether oxygens (including phenoxy) is 1. The second-order valence-corrected chi connectivity index (χ2v) is 8.24. The van der Waals surface area contributed by atoms with Crippen LogP contribution >= 0.6 is 15.9 Å². The van der Waals surface area contributed by atoms with E-state index in [0.29, 0.717) is 11.6 Å². The molecule has 2 aromatic carbocycles. The molecule has 0 saturated heterocycles. The lowest BCUT2D eigenvalue weighted by Gasteiger charge is -2.05. The molecule has 0 N–H and O–H groups in total. The molecule has 3 aromatic rings. The van der Waals surface area contributed by atoms with E-state index < -0.39 is 9.84 Å². The van der Waals surface area contributed by atoms with Gasteiger partial charge in [-0.05, 0) is 47.7 Å². The summed E-state index contributed by atoms with van der Waals surface area (Å²) in [5.74, 6) is 0.819. The Bertz CT molecular complexity index is 971. The number of aryl methyl sites for hydroxylation is 1. The first-order chi connectivity index (χ1) is 12.0. The molecular weight excluding hydrogens is 408 g/mol. The zero-order valence-corrected chi connectivity index (χ0v) is 15.7. The van der Waals surface area contributed by atoms with Crippen LogP contribution in [0.1, 0.15) is 0 Å². The number of aromatic nitrogens is 4. The molecule has 0 amide bonds. The molecule has 1 heterocycles. The number of benzene rings is 2. The highest BCUT2D eigenvalue weighted by atomic mass is 79.9. The van der Waals surface area contributed by atoms with Gasteiger partial charge in [-0.2, -0.15) is 4.80 Å². The van der Waals surface area contributed by atoms with E-state index in [0.717, 1.165) is 10.0 Å². The van der Waals surface area contributed by atoms with Crippen molar-refractivity contribution in [1.82, 2.24) is 20.2 Å². The molecule has 3 rings (SSSR count). The highest BCUT2D eigenvalue weighted by Crippen LogP contribution is 2.19. The van der Waals surface area contributed by atoms with Crippen molar-refractivity contribution < 1.29 is 13.2 Å². The van der Waals surface area contributed by atoms with Crippen LogP contribution in [0.3, 0.4) is 0 Å². The van der Waals surface area contributed by atoms with Crippen LogP contribution in [0.2, 0.25) is 0 Å². The Hall–Kier alpha value is -2.26. The van der Waals surface area contributed by atoms with Crippen LogP contribution in [-0.2, 0) is 16.4 Å². The maximum absolute atomic E-state index is 12.4. The van der Waals surface area contributed by atoms with Crippen molar-refractivity contribution >= 4 is 25.8 Å². The largest absolute Gasteiger partial charge is 0.497 e. The molecule has 9 heteroatoms. The van der Waals surface area contributed by atoms with Gasteiger partial charge in [0.25, 0.3) is 0 Å². The Morgan fingerprint density at radius 1 is 1.16 bits per heavy atom. The van der Waals surface area contributed by atoms with E-state index in [4.69, 9.17) is 4.74 Å². The molecule has 0 saturated carbocycles. The van der Waals surface area contributed by atoms with Crippen molar-refractivity contribution in [2.75, 3.05) is 12.9 Å². The molecule has 0 aliphatic heterocycles. The molecule has 1 aromatic heterocycles. The monoisotopic (exact) mass is 422 g/mol. The third-order valence-corrected chi connectivity index (χ3v) is 5.74. The highest BCUT2D eigenvalue weighted by molar-refractivity contribution is 9.10. The van der Waals surface area contributed by atoms with Gasteiger partial charge in [-0.3, -0.25) is 0 Å². The molecule has 0 spiro atoms. The van der Waals surface area contributed by atoms with Gasteiger partial charge in [-0.15, -0.1) is 10.2 Å². The van der Waals surface area contributed by atoms with Crippen LogP contribution in [0, 0.1) is 0 Å². The van der Waals surface area contributed by atoms with Gasteiger partial charge in [0.2, 0.25) is 5.82 Å². The molecule has 0 atom stereocenters. The number of sulfone groups is 1. The topological polar surface area (TPSA) is 87.0 Å². The standard InChI is InChI=1S/C16H15BrN4O3S/c1-24-14-3-2-4-15(11-14)25(22,23)10-9-21-19-16(18-20-21)12-5-7-13(17)8-6-12/h2-8,11H,9-10H2,1H3. The molecule has 0 unspecified atom stereocenters. The van der Waals surface area contributed by atoms with Crippen molar-refractivity contribution in [3.8, 4) is 17.1 Å². The Labute approximate surface area is 153 Å². The van der Waals surface area contributed by atoms with Crippen LogP contribution in [0.25, 0.3) is 11.4 Å². The first-order valence-electron chi connectivity index (χ1n) is 7.38. The zero-order valence-electron chi connectivity index (χ0n) is 13.3. The minimum Gasteiger partial charge on any atom is -0.497 e. The van der Waals surface area contributed by atoms with Crippen molar-refractivity contribution in [1.29, 1.82) is 0 Å². The smallest absolute Gasteiger partial charge is 0.204 e. The van der Waals surface area contributed by atoms with E-state index in [1.807, 2.05) is 24.3 Å². The summed E-state index contributed by atoms with van der Waals surface area (Å²) in [5, 5.41) is 12.1. The number of halogens is 1. The molecule has 130 valence electrons. The van der Waals surface area contributed by atoms with E-state index in [9.17, 15) is 8.42 Å². The van der Waals surface area contributed by atoms with Gasteiger partial charge >= 0.3 is 0 Å². The Morgan fingerprint density at radius 2 is 1.92 bits per heavy atom. The number of rotatable bonds is 6. The van der Waals surface area contributed by atoms with Crippen LogP contribution in [0.5, 0.6) is 5.75 Å². The molecule has 0 aliphatic rings. The molecule has 25 heavy (non-hydrogen) atoms. The van der Waals surface area contributed by atoms with Gasteiger partial charge in [0, 0.05) is 10.0 Å². The molecule has 0 radical (unpaired) electrons. The molecule has 0 aliphatic carbocycles. The van der Waals surface area contributed by atoms with Crippen LogP contribution in [0.15, 0.2) is 57.9 Å². The molecule has 0 fully saturated rings. The average molecular weight is 423 g/mol. The Kier molecular flexibility index (Phi) is 5.14. The third kappa shape index (κ3) is 4.23. The summed E-state index contributed by atoms with van der Waals surface area (Å²) < 4.78 is 30.9. The minimum atomic E-state index is -3.47. The summed E-state index contributed by atoms with van der Waals surface area (Å²) in [6, 6.07) is 13.9. The van der Waals surface area contributed by atoms with E-state index in [1.165, 1.54) is 18.0 Å². The second-order valence-electron chi connectivity index (χ2n) is 5.21. The predicted molar refractivity (Wildman–Crippen MR) is 96.0 cm³/mol. The third-order valence-electron chi connectivity index (χ3n) is 3.52. The summed E-state index contributed by atoms with van der Waals surface area (Å²) >= 11 is 3.37. The van der Waals surface area contributed by atoms with E-state index in [-0.39, 0.29) is 17.2 Å². The molecular formula is C16H15BrN4O3S. The van der Waals surface area contributed by atoms with Gasteiger partial charge in [0.15, 0.2) is 9.84 Å². The van der Waals surface area contributed by atoms with Gasteiger partial charge in [-0.25, -0.2) is 8.42 Å². The summed E-state index contributed by atoms with van der Waals surface area (Å²) in [5.41, 5.74) is 0.810. The average Bonchev–Trinajstić information content (AvgIpc) is 3.10. The van der Waals surface area contributed by atoms with Crippen LogP contribution in [-0.4, -0.2) is 41.5 Å². The Balaban J connectivity index is 1.72. The Morgan fingerprint density at radius 3 is 2.64 bits per heavy atom. The maximum atomic E-state index is 12.4. The van der Waals surface area contributed by atoms with Crippen molar-refractivity contribution in [2.24, 2.45) is 0 Å². The summed E-state index contributed by atoms with van der Waals surface area (Å²) in [6.07, 6.45) is 0. The first-order valence-corrected chi connectivity index (χ1v) is 9.83. The quantitative estimate of drug-likeness (QED) is 0.606. The van der Waals surface area contributed by atoms with Gasteiger partial charge in [0.1, 0.15) is 5.75 Å². The fourth-order valence-electron chi connectivity index (χ4n) is 2.17. The van der Waals surface area contributed by atoms with Gasteiger partial charge in [-0.1, -0.05) is 22.0 Å². The van der Waals surface area contributed by atoms with Crippen molar-refractivity contribution in [3.05, 3.63) is 53.0 Å². The summed E-state index contributed by atoms with van der Waals surface area (Å²) in [7, 11) is -1.97. The van der Waals surface area contributed by atoms with E-state index >= 15 is 0 Å². The summed E-state index contributed by atoms with van der Waals surface area (Å²) in [4.78, 5) is 1.50. The fourth-order valence-corrected chi connectivity index (χ4v) is 3.65. The van der Waals surface area contributed by atoms with Crippen molar-refractivity contribution in [2.45, 2.75) is 11.4 Å². The molecule has 0 bridgehead atoms.